The molecule has 0 saturated carbocycles. The average Bonchev–Trinajstić information content (AvgIpc) is 2.93. The van der Waals surface area contributed by atoms with E-state index in [9.17, 15) is 0 Å². The van der Waals surface area contributed by atoms with Crippen molar-refractivity contribution in [3.8, 4) is 5.75 Å². The van der Waals surface area contributed by atoms with Crippen molar-refractivity contribution in [2.75, 3.05) is 0 Å². The van der Waals surface area contributed by atoms with E-state index in [1.807, 2.05) is 35.1 Å². The summed E-state index contributed by atoms with van der Waals surface area (Å²) in [5.74, 6) is 0.884. The maximum Gasteiger partial charge on any atom is 0.132 e. The van der Waals surface area contributed by atoms with Gasteiger partial charge in [-0.1, -0.05) is 35.0 Å². The van der Waals surface area contributed by atoms with Gasteiger partial charge in [0.05, 0.1) is 5.69 Å². The van der Waals surface area contributed by atoms with E-state index in [2.05, 4.69) is 40.9 Å². The predicted molar refractivity (Wildman–Crippen MR) is 80.6 cm³/mol. The molecule has 1 aromatic carbocycles. The van der Waals surface area contributed by atoms with Crippen LogP contribution in [-0.4, -0.2) is 9.78 Å². The van der Waals surface area contributed by atoms with Crippen LogP contribution in [-0.2, 0) is 11.9 Å². The molecule has 0 fully saturated rings. The summed E-state index contributed by atoms with van der Waals surface area (Å²) in [4.78, 5) is 0. The van der Waals surface area contributed by atoms with Crippen molar-refractivity contribution >= 4 is 15.9 Å². The molecule has 0 amide bonds. The van der Waals surface area contributed by atoms with E-state index in [-0.39, 0.29) is 0 Å². The lowest BCUT2D eigenvalue weighted by atomic mass is 10.2. The van der Waals surface area contributed by atoms with Crippen LogP contribution >= 0.6 is 15.9 Å². The largest absolute Gasteiger partial charge is 0.487 e. The van der Waals surface area contributed by atoms with Gasteiger partial charge in [-0.3, -0.25) is 4.68 Å². The maximum atomic E-state index is 5.76. The molecule has 0 spiro atoms. The highest BCUT2D eigenvalue weighted by atomic mass is 79.9. The van der Waals surface area contributed by atoms with Gasteiger partial charge in [0.25, 0.3) is 0 Å². The van der Waals surface area contributed by atoms with Crippen molar-refractivity contribution in [3.63, 3.8) is 0 Å². The lowest BCUT2D eigenvalue weighted by Crippen LogP contribution is -2.05. The molecular weight excluding hydrogens is 304 g/mol. The number of ether oxygens (including phenoxy) is 1. The van der Waals surface area contributed by atoms with Crippen molar-refractivity contribution in [2.45, 2.75) is 38.2 Å². The molecule has 1 atom stereocenters. The Labute approximate surface area is 122 Å². The second-order valence-corrected chi connectivity index (χ2v) is 5.17. The number of hydrogen-bond acceptors (Lipinski definition) is 2. The zero-order valence-corrected chi connectivity index (χ0v) is 12.9. The van der Waals surface area contributed by atoms with Crippen molar-refractivity contribution < 1.29 is 4.74 Å². The third-order valence-electron chi connectivity index (χ3n) is 3.15. The van der Waals surface area contributed by atoms with Crippen molar-refractivity contribution in [2.24, 2.45) is 0 Å². The first-order chi connectivity index (χ1) is 9.22. The summed E-state index contributed by atoms with van der Waals surface area (Å²) in [5.41, 5.74) is 2.17. The highest BCUT2D eigenvalue weighted by Gasteiger charge is 2.05. The number of nitrogens with zero attached hydrogens (tertiary/aromatic N) is 2. The SMILES string of the molecule is CCC(C)n1ccc(COc2cccc(CBr)c2)n1. The lowest BCUT2D eigenvalue weighted by Gasteiger charge is -2.08. The molecule has 2 aromatic rings. The molecule has 0 saturated heterocycles. The number of rotatable bonds is 6. The molecule has 1 aromatic heterocycles. The minimum absolute atomic E-state index is 0.436. The van der Waals surface area contributed by atoms with Gasteiger partial charge in [-0.2, -0.15) is 5.10 Å². The molecule has 1 heterocycles. The second kappa shape index (κ2) is 6.75. The zero-order chi connectivity index (χ0) is 13.7. The summed E-state index contributed by atoms with van der Waals surface area (Å²) < 4.78 is 7.76. The normalized spacial score (nSPS) is 12.4. The van der Waals surface area contributed by atoms with Gasteiger partial charge in [-0.05, 0) is 37.1 Å². The zero-order valence-electron chi connectivity index (χ0n) is 11.3. The Morgan fingerprint density at radius 1 is 1.37 bits per heavy atom. The minimum atomic E-state index is 0.436. The van der Waals surface area contributed by atoms with Gasteiger partial charge >= 0.3 is 0 Å². The maximum absolute atomic E-state index is 5.76. The summed E-state index contributed by atoms with van der Waals surface area (Å²) in [6.07, 6.45) is 3.09. The van der Waals surface area contributed by atoms with Crippen LogP contribution in [0, 0.1) is 0 Å². The van der Waals surface area contributed by atoms with Crippen molar-refractivity contribution in [3.05, 3.63) is 47.8 Å². The van der Waals surface area contributed by atoms with E-state index < -0.39 is 0 Å². The van der Waals surface area contributed by atoms with E-state index in [4.69, 9.17) is 4.74 Å². The van der Waals surface area contributed by atoms with Crippen LogP contribution in [0.1, 0.15) is 37.6 Å². The number of hydrogen-bond donors (Lipinski definition) is 0. The smallest absolute Gasteiger partial charge is 0.132 e. The minimum Gasteiger partial charge on any atom is -0.487 e. The second-order valence-electron chi connectivity index (χ2n) is 4.61. The quantitative estimate of drug-likeness (QED) is 0.740. The number of aromatic nitrogens is 2. The average molecular weight is 323 g/mol. The molecule has 4 heteroatoms. The standard InChI is InChI=1S/C15H19BrN2O/c1-3-12(2)18-8-7-14(17-18)11-19-15-6-4-5-13(9-15)10-16/h4-9,12H,3,10-11H2,1-2H3. The van der Waals surface area contributed by atoms with Crippen LogP contribution in [0.25, 0.3) is 0 Å². The third-order valence-corrected chi connectivity index (χ3v) is 3.79. The van der Waals surface area contributed by atoms with Gasteiger partial charge in [-0.25, -0.2) is 0 Å². The van der Waals surface area contributed by atoms with Gasteiger partial charge in [0.2, 0.25) is 0 Å². The van der Waals surface area contributed by atoms with Crippen LogP contribution in [0.4, 0.5) is 0 Å². The van der Waals surface area contributed by atoms with E-state index in [1.54, 1.807) is 0 Å². The van der Waals surface area contributed by atoms with Crippen LogP contribution < -0.4 is 4.74 Å². The fraction of sp³-hybridized carbons (Fsp3) is 0.400. The van der Waals surface area contributed by atoms with Gasteiger partial charge in [-0.15, -0.1) is 0 Å². The van der Waals surface area contributed by atoms with Crippen LogP contribution in [0.5, 0.6) is 5.75 Å². The summed E-state index contributed by atoms with van der Waals surface area (Å²) in [6, 6.07) is 10.5. The Kier molecular flexibility index (Phi) is 5.02. The first kappa shape index (κ1) is 14.1. The molecule has 19 heavy (non-hydrogen) atoms. The highest BCUT2D eigenvalue weighted by Crippen LogP contribution is 2.17. The van der Waals surface area contributed by atoms with E-state index in [0.29, 0.717) is 12.6 Å². The molecule has 2 rings (SSSR count). The molecule has 0 bridgehead atoms. The summed E-state index contributed by atoms with van der Waals surface area (Å²) in [6.45, 7) is 4.83. The first-order valence-electron chi connectivity index (χ1n) is 6.54. The Morgan fingerprint density at radius 3 is 2.95 bits per heavy atom. The molecule has 0 aliphatic heterocycles. The summed E-state index contributed by atoms with van der Waals surface area (Å²) in [5, 5.41) is 5.36. The molecule has 102 valence electrons. The van der Waals surface area contributed by atoms with E-state index in [0.717, 1.165) is 23.2 Å². The van der Waals surface area contributed by atoms with Gasteiger partial charge < -0.3 is 4.74 Å². The molecule has 0 N–H and O–H groups in total. The third kappa shape index (κ3) is 3.83. The first-order valence-corrected chi connectivity index (χ1v) is 7.66. The molecular formula is C15H19BrN2O. The van der Waals surface area contributed by atoms with Gasteiger partial charge in [0.1, 0.15) is 12.4 Å². The predicted octanol–water partition coefficient (Wildman–Crippen LogP) is 4.33. The Bertz CT molecular complexity index is 524. The Morgan fingerprint density at radius 2 is 2.21 bits per heavy atom. The summed E-state index contributed by atoms with van der Waals surface area (Å²) in [7, 11) is 0. The molecule has 0 radical (unpaired) electrons. The number of alkyl halides is 1. The van der Waals surface area contributed by atoms with Crippen molar-refractivity contribution in [1.29, 1.82) is 0 Å². The number of halogens is 1. The van der Waals surface area contributed by atoms with Crippen LogP contribution in [0.15, 0.2) is 36.5 Å². The lowest BCUT2D eigenvalue weighted by molar-refractivity contribution is 0.298. The fourth-order valence-corrected chi connectivity index (χ4v) is 2.11. The monoisotopic (exact) mass is 322 g/mol. The Hall–Kier alpha value is -1.29. The molecule has 0 aliphatic carbocycles. The molecule has 0 aliphatic rings. The van der Waals surface area contributed by atoms with Gasteiger partial charge in [0.15, 0.2) is 0 Å². The topological polar surface area (TPSA) is 27.1 Å². The van der Waals surface area contributed by atoms with Crippen LogP contribution in [0.2, 0.25) is 0 Å². The molecule has 1 unspecified atom stereocenters. The van der Waals surface area contributed by atoms with Crippen LogP contribution in [0.3, 0.4) is 0 Å². The van der Waals surface area contributed by atoms with Gasteiger partial charge in [0, 0.05) is 17.6 Å². The van der Waals surface area contributed by atoms with E-state index in [1.165, 1.54) is 5.56 Å². The number of benzene rings is 1. The highest BCUT2D eigenvalue weighted by molar-refractivity contribution is 9.08. The Balaban J connectivity index is 1.96. The van der Waals surface area contributed by atoms with E-state index >= 15 is 0 Å². The fourth-order valence-electron chi connectivity index (χ4n) is 1.76. The molecule has 3 nitrogen and oxygen atoms in total. The summed E-state index contributed by atoms with van der Waals surface area (Å²) >= 11 is 3.44. The van der Waals surface area contributed by atoms with Crippen molar-refractivity contribution in [1.82, 2.24) is 9.78 Å².